The number of hydrogen-bond donors (Lipinski definition) is 2. The first-order chi connectivity index (χ1) is 9.15. The number of carbonyl (C=O) groups is 1. The number of carboxylic acids is 1. The van der Waals surface area contributed by atoms with Crippen molar-refractivity contribution in [2.24, 2.45) is 0 Å². The summed E-state index contributed by atoms with van der Waals surface area (Å²) in [7, 11) is 0. The molecule has 1 aromatic heterocycles. The van der Waals surface area contributed by atoms with E-state index in [-0.39, 0.29) is 5.56 Å². The Morgan fingerprint density at radius 1 is 1.42 bits per heavy atom. The summed E-state index contributed by atoms with van der Waals surface area (Å²) in [4.78, 5) is 20.1. The Bertz CT molecular complexity index is 505. The fourth-order valence-electron chi connectivity index (χ4n) is 3.07. The van der Waals surface area contributed by atoms with Gasteiger partial charge in [0, 0.05) is 25.7 Å². The number of fused-ring (bicyclic) bond motifs is 1. The summed E-state index contributed by atoms with van der Waals surface area (Å²) in [5, 5.41) is 9.28. The number of aromatic nitrogens is 1. The largest absolute Gasteiger partial charge is 0.478 e. The van der Waals surface area contributed by atoms with E-state index in [1.807, 2.05) is 0 Å². The lowest BCUT2D eigenvalue weighted by molar-refractivity contribution is 0.0697. The van der Waals surface area contributed by atoms with Crippen LogP contribution in [0.25, 0.3) is 0 Å². The van der Waals surface area contributed by atoms with Crippen LogP contribution in [0.5, 0.6) is 0 Å². The van der Waals surface area contributed by atoms with Gasteiger partial charge >= 0.3 is 5.97 Å². The zero-order valence-electron chi connectivity index (χ0n) is 10.7. The molecule has 0 saturated carbocycles. The highest BCUT2D eigenvalue weighted by molar-refractivity contribution is 5.94. The third-order valence-electron chi connectivity index (χ3n) is 4.01. The van der Waals surface area contributed by atoms with E-state index in [9.17, 15) is 9.90 Å². The first-order valence-electron chi connectivity index (χ1n) is 6.63. The lowest BCUT2D eigenvalue weighted by Crippen LogP contribution is -2.50. The fraction of sp³-hybridized carbons (Fsp3) is 0.538. The van der Waals surface area contributed by atoms with Gasteiger partial charge in [-0.05, 0) is 25.5 Å². The summed E-state index contributed by atoms with van der Waals surface area (Å²) >= 11 is 0. The van der Waals surface area contributed by atoms with Crippen LogP contribution >= 0.6 is 0 Å². The van der Waals surface area contributed by atoms with Crippen molar-refractivity contribution >= 4 is 17.5 Å². The van der Waals surface area contributed by atoms with Gasteiger partial charge in [0.05, 0.1) is 11.9 Å². The molecule has 2 saturated heterocycles. The predicted octanol–water partition coefficient (Wildman–Crippen LogP) is 0.646. The molecule has 6 heteroatoms. The van der Waals surface area contributed by atoms with Crippen LogP contribution in [0.15, 0.2) is 12.3 Å². The number of aromatic carboxylic acids is 1. The van der Waals surface area contributed by atoms with E-state index in [0.717, 1.165) is 19.6 Å². The van der Waals surface area contributed by atoms with Crippen LogP contribution < -0.4 is 10.6 Å². The number of nitrogens with two attached hydrogens (primary N) is 1. The summed E-state index contributed by atoms with van der Waals surface area (Å²) < 4.78 is 0. The zero-order chi connectivity index (χ0) is 13.4. The van der Waals surface area contributed by atoms with E-state index in [1.54, 1.807) is 0 Å². The Balaban J connectivity index is 1.87. The normalized spacial score (nSPS) is 23.4. The second kappa shape index (κ2) is 4.70. The van der Waals surface area contributed by atoms with Gasteiger partial charge in [0.15, 0.2) is 0 Å². The molecular weight excluding hydrogens is 244 g/mol. The number of hydrogen-bond acceptors (Lipinski definition) is 5. The lowest BCUT2D eigenvalue weighted by atomic mass is 10.1. The molecular formula is C13H18N4O2. The maximum atomic E-state index is 11.3. The molecule has 0 radical (unpaired) electrons. The van der Waals surface area contributed by atoms with Crippen molar-refractivity contribution < 1.29 is 9.90 Å². The quantitative estimate of drug-likeness (QED) is 0.814. The highest BCUT2D eigenvalue weighted by Gasteiger charge is 2.32. The van der Waals surface area contributed by atoms with Crippen molar-refractivity contribution in [3.05, 3.63) is 17.8 Å². The van der Waals surface area contributed by atoms with Crippen molar-refractivity contribution in [2.45, 2.75) is 18.9 Å². The molecule has 6 nitrogen and oxygen atoms in total. The summed E-state index contributed by atoms with van der Waals surface area (Å²) in [6.07, 6.45) is 3.95. The van der Waals surface area contributed by atoms with Crippen LogP contribution in [0.3, 0.4) is 0 Å². The molecule has 3 rings (SSSR count). The summed E-state index contributed by atoms with van der Waals surface area (Å²) in [5.74, 6) is -0.420. The molecule has 0 aliphatic carbocycles. The number of nitrogen functional groups attached to an aromatic ring is 1. The number of piperazine rings is 1. The van der Waals surface area contributed by atoms with E-state index in [4.69, 9.17) is 5.73 Å². The lowest BCUT2D eigenvalue weighted by Gasteiger charge is -2.38. The first kappa shape index (κ1) is 12.2. The summed E-state index contributed by atoms with van der Waals surface area (Å²) in [6, 6.07) is 2.03. The molecule has 0 spiro atoms. The monoisotopic (exact) mass is 262 g/mol. The van der Waals surface area contributed by atoms with Crippen LogP contribution in [-0.4, -0.2) is 53.2 Å². The molecule has 102 valence electrons. The minimum absolute atomic E-state index is 0.200. The summed E-state index contributed by atoms with van der Waals surface area (Å²) in [5.41, 5.74) is 6.22. The van der Waals surface area contributed by atoms with Gasteiger partial charge in [-0.3, -0.25) is 4.90 Å². The number of pyridine rings is 1. The molecule has 0 aromatic carbocycles. The first-order valence-corrected chi connectivity index (χ1v) is 6.63. The maximum absolute atomic E-state index is 11.3. The second-order valence-corrected chi connectivity index (χ2v) is 5.22. The Morgan fingerprint density at radius 2 is 2.26 bits per heavy atom. The minimum Gasteiger partial charge on any atom is -0.478 e. The Labute approximate surface area is 111 Å². The zero-order valence-corrected chi connectivity index (χ0v) is 10.7. The highest BCUT2D eigenvalue weighted by Crippen LogP contribution is 2.27. The van der Waals surface area contributed by atoms with Gasteiger partial charge in [-0.15, -0.1) is 0 Å². The number of rotatable bonds is 2. The van der Waals surface area contributed by atoms with Gasteiger partial charge in [0.1, 0.15) is 11.4 Å². The standard InChI is InChI=1S/C13H18N4O2/c14-9-6-11(13(18)19)12(15-7-9)17-5-4-16-3-1-2-10(16)8-17/h6-7,10H,1-5,8,14H2,(H,18,19). The molecule has 1 aromatic rings. The predicted molar refractivity (Wildman–Crippen MR) is 72.4 cm³/mol. The molecule has 2 aliphatic heterocycles. The van der Waals surface area contributed by atoms with Crippen molar-refractivity contribution in [2.75, 3.05) is 36.8 Å². The van der Waals surface area contributed by atoms with E-state index in [1.165, 1.54) is 31.6 Å². The topological polar surface area (TPSA) is 82.7 Å². The van der Waals surface area contributed by atoms with Crippen LogP contribution in [0.1, 0.15) is 23.2 Å². The molecule has 1 atom stereocenters. The van der Waals surface area contributed by atoms with Crippen LogP contribution in [-0.2, 0) is 0 Å². The minimum atomic E-state index is -0.969. The van der Waals surface area contributed by atoms with Gasteiger partial charge < -0.3 is 15.7 Å². The van der Waals surface area contributed by atoms with Gasteiger partial charge in [-0.2, -0.15) is 0 Å². The molecule has 1 unspecified atom stereocenters. The van der Waals surface area contributed by atoms with Crippen LogP contribution in [0, 0.1) is 0 Å². The number of carboxylic acid groups (broad SMARTS) is 1. The molecule has 2 fully saturated rings. The average Bonchev–Trinajstić information content (AvgIpc) is 2.85. The van der Waals surface area contributed by atoms with Crippen molar-refractivity contribution in [1.29, 1.82) is 0 Å². The molecule has 3 N–H and O–H groups in total. The Morgan fingerprint density at radius 3 is 3.05 bits per heavy atom. The van der Waals surface area contributed by atoms with Gasteiger partial charge in [-0.25, -0.2) is 9.78 Å². The van der Waals surface area contributed by atoms with Crippen molar-refractivity contribution in [3.63, 3.8) is 0 Å². The average molecular weight is 262 g/mol. The van der Waals surface area contributed by atoms with E-state index in [0.29, 0.717) is 17.5 Å². The van der Waals surface area contributed by atoms with E-state index >= 15 is 0 Å². The third-order valence-corrected chi connectivity index (χ3v) is 4.01. The van der Waals surface area contributed by atoms with E-state index in [2.05, 4.69) is 14.8 Å². The third kappa shape index (κ3) is 2.23. The molecule has 0 bridgehead atoms. The second-order valence-electron chi connectivity index (χ2n) is 5.22. The van der Waals surface area contributed by atoms with Gasteiger partial charge in [-0.1, -0.05) is 0 Å². The highest BCUT2D eigenvalue weighted by atomic mass is 16.4. The van der Waals surface area contributed by atoms with E-state index < -0.39 is 5.97 Å². The van der Waals surface area contributed by atoms with Gasteiger partial charge in [0.2, 0.25) is 0 Å². The van der Waals surface area contributed by atoms with Crippen molar-refractivity contribution in [3.8, 4) is 0 Å². The van der Waals surface area contributed by atoms with Gasteiger partial charge in [0.25, 0.3) is 0 Å². The van der Waals surface area contributed by atoms with Crippen molar-refractivity contribution in [1.82, 2.24) is 9.88 Å². The molecule has 2 aliphatic rings. The number of nitrogens with zero attached hydrogens (tertiary/aromatic N) is 3. The maximum Gasteiger partial charge on any atom is 0.339 e. The summed E-state index contributed by atoms with van der Waals surface area (Å²) in [6.45, 7) is 3.83. The smallest absolute Gasteiger partial charge is 0.339 e. The van der Waals surface area contributed by atoms with Crippen LogP contribution in [0.4, 0.5) is 11.5 Å². The molecule has 0 amide bonds. The fourth-order valence-corrected chi connectivity index (χ4v) is 3.07. The Kier molecular flexibility index (Phi) is 3.02. The molecule has 19 heavy (non-hydrogen) atoms. The van der Waals surface area contributed by atoms with Crippen LogP contribution in [0.2, 0.25) is 0 Å². The Hall–Kier alpha value is -1.82. The molecule has 3 heterocycles. The SMILES string of the molecule is Nc1cnc(N2CCN3CCCC3C2)c(C(=O)O)c1. The number of anilines is 2.